The van der Waals surface area contributed by atoms with Crippen LogP contribution in [0.5, 0.6) is 0 Å². The maximum atomic E-state index is 14.7. The van der Waals surface area contributed by atoms with Crippen molar-refractivity contribution in [3.05, 3.63) is 62.7 Å². The van der Waals surface area contributed by atoms with Gasteiger partial charge in [-0.25, -0.2) is 13.5 Å². The zero-order valence-corrected chi connectivity index (χ0v) is 26.8. The smallest absolute Gasteiger partial charge is 0.259 e. The predicted molar refractivity (Wildman–Crippen MR) is 161 cm³/mol. The van der Waals surface area contributed by atoms with E-state index in [9.17, 15) is 33.7 Å². The first-order valence-electron chi connectivity index (χ1n) is 13.6. The van der Waals surface area contributed by atoms with E-state index in [0.717, 1.165) is 4.68 Å². The first kappa shape index (κ1) is 33.6. The van der Waals surface area contributed by atoms with Crippen molar-refractivity contribution in [3.63, 3.8) is 0 Å². The standard InChI is InChI=1S/C28H28BrCl2F2N5O7/c1-12(40)36-9-19(20(41)10-36)38(15-6-13(30)5-14(31)7-15)28(43)27-26(44-2)24(25(42)21(11-39)45-27)37-8-18(34-35-37)16-3-4-17(29)23(33)22(16)32/h3-8,19-21,24-27,39,41-42H,9-11H2,1-2H3/t19-,20-,21+,24-,25-,26+,27+/m0/s1. The molecule has 2 aliphatic rings. The van der Waals surface area contributed by atoms with Crippen LogP contribution in [0.2, 0.25) is 10.0 Å². The average molecular weight is 735 g/mol. The Morgan fingerprint density at radius 3 is 2.44 bits per heavy atom. The van der Waals surface area contributed by atoms with Gasteiger partial charge in [0.1, 0.15) is 30.0 Å². The van der Waals surface area contributed by atoms with E-state index in [4.69, 9.17) is 32.7 Å². The molecule has 2 amide bonds. The van der Waals surface area contributed by atoms with E-state index in [1.807, 2.05) is 0 Å². The number of rotatable bonds is 7. The summed E-state index contributed by atoms with van der Waals surface area (Å²) in [6, 6.07) is 4.74. The van der Waals surface area contributed by atoms with Gasteiger partial charge in [-0.15, -0.1) is 5.10 Å². The van der Waals surface area contributed by atoms with Gasteiger partial charge in [-0.3, -0.25) is 9.59 Å². The quantitative estimate of drug-likeness (QED) is 0.312. The number of aliphatic hydroxyl groups excluding tert-OH is 3. The number of hydrogen-bond acceptors (Lipinski definition) is 9. The Labute approximate surface area is 274 Å². The lowest BCUT2D eigenvalue weighted by atomic mass is 9.91. The monoisotopic (exact) mass is 733 g/mol. The Morgan fingerprint density at radius 2 is 1.84 bits per heavy atom. The van der Waals surface area contributed by atoms with Gasteiger partial charge in [0.05, 0.1) is 29.4 Å². The van der Waals surface area contributed by atoms with Crippen LogP contribution in [-0.2, 0) is 19.1 Å². The Hall–Kier alpha value is -2.76. The minimum absolute atomic E-state index is 0.0338. The van der Waals surface area contributed by atoms with E-state index >= 15 is 0 Å². The van der Waals surface area contributed by atoms with Crippen molar-refractivity contribution in [1.29, 1.82) is 0 Å². The number of amides is 2. The average Bonchev–Trinajstić information content (AvgIpc) is 3.62. The number of likely N-dealkylation sites (tertiary alicyclic amines) is 1. The third kappa shape index (κ3) is 6.45. The van der Waals surface area contributed by atoms with Gasteiger partial charge in [0, 0.05) is 48.4 Å². The molecule has 17 heteroatoms. The number of benzene rings is 2. The fourth-order valence-electron chi connectivity index (χ4n) is 5.71. The van der Waals surface area contributed by atoms with E-state index in [-0.39, 0.29) is 50.5 Å². The number of carbonyl (C=O) groups excluding carboxylic acids is 2. The molecule has 7 atom stereocenters. The molecule has 2 saturated heterocycles. The first-order chi connectivity index (χ1) is 21.4. The van der Waals surface area contributed by atoms with E-state index in [2.05, 4.69) is 26.2 Å². The van der Waals surface area contributed by atoms with E-state index < -0.39 is 66.8 Å². The Morgan fingerprint density at radius 1 is 1.16 bits per heavy atom. The van der Waals surface area contributed by atoms with Crippen LogP contribution in [0.3, 0.4) is 0 Å². The molecule has 0 spiro atoms. The maximum absolute atomic E-state index is 14.7. The van der Waals surface area contributed by atoms with Crippen LogP contribution in [0.4, 0.5) is 14.5 Å². The second-order valence-corrected chi connectivity index (χ2v) is 12.4. The highest BCUT2D eigenvalue weighted by Crippen LogP contribution is 2.37. The molecule has 5 rings (SSSR count). The van der Waals surface area contributed by atoms with Crippen molar-refractivity contribution in [3.8, 4) is 11.3 Å². The molecule has 2 fully saturated rings. The topological polar surface area (TPSA) is 150 Å². The second kappa shape index (κ2) is 13.5. The predicted octanol–water partition coefficient (Wildman–Crippen LogP) is 2.59. The van der Waals surface area contributed by atoms with E-state index in [1.165, 1.54) is 60.4 Å². The summed E-state index contributed by atoms with van der Waals surface area (Å²) in [5.74, 6) is -3.40. The molecule has 0 radical (unpaired) electrons. The minimum Gasteiger partial charge on any atom is -0.394 e. The molecule has 3 heterocycles. The second-order valence-electron chi connectivity index (χ2n) is 10.7. The van der Waals surface area contributed by atoms with Crippen LogP contribution in [0.25, 0.3) is 11.3 Å². The third-order valence-electron chi connectivity index (χ3n) is 7.91. The highest BCUT2D eigenvalue weighted by molar-refractivity contribution is 9.10. The lowest BCUT2D eigenvalue weighted by Crippen LogP contribution is -2.63. The summed E-state index contributed by atoms with van der Waals surface area (Å²) >= 11 is 15.5. The summed E-state index contributed by atoms with van der Waals surface area (Å²) < 4.78 is 41.6. The summed E-state index contributed by atoms with van der Waals surface area (Å²) in [6.07, 6.45) is -5.61. The number of β-amino-alcohol motifs (C(OH)–C–C–N with tert-alkyl or cyclic N) is 1. The lowest BCUT2D eigenvalue weighted by molar-refractivity contribution is -0.211. The number of nitrogens with zero attached hydrogens (tertiary/aromatic N) is 5. The van der Waals surface area contributed by atoms with Crippen molar-refractivity contribution in [2.24, 2.45) is 0 Å². The molecule has 242 valence electrons. The highest BCUT2D eigenvalue weighted by Gasteiger charge is 2.52. The number of anilines is 1. The van der Waals surface area contributed by atoms with Gasteiger partial charge in [0.2, 0.25) is 5.91 Å². The Balaban J connectivity index is 1.56. The van der Waals surface area contributed by atoms with Gasteiger partial charge in [-0.05, 0) is 46.3 Å². The molecule has 2 aromatic carbocycles. The molecule has 2 aliphatic heterocycles. The normalized spacial score (nSPS) is 26.7. The van der Waals surface area contributed by atoms with Gasteiger partial charge in [0.15, 0.2) is 17.7 Å². The summed E-state index contributed by atoms with van der Waals surface area (Å²) in [7, 11) is 1.26. The summed E-state index contributed by atoms with van der Waals surface area (Å²) in [5, 5.41) is 40.7. The Kier molecular flexibility index (Phi) is 10.1. The van der Waals surface area contributed by atoms with Crippen molar-refractivity contribution in [1.82, 2.24) is 19.9 Å². The van der Waals surface area contributed by atoms with Gasteiger partial charge in [-0.2, -0.15) is 0 Å². The van der Waals surface area contributed by atoms with E-state index in [0.29, 0.717) is 0 Å². The summed E-state index contributed by atoms with van der Waals surface area (Å²) in [4.78, 5) is 29.2. The molecule has 3 aromatic rings. The lowest BCUT2D eigenvalue weighted by Gasteiger charge is -2.45. The van der Waals surface area contributed by atoms with Gasteiger partial charge in [0.25, 0.3) is 5.91 Å². The Bertz CT molecular complexity index is 1580. The number of ether oxygens (including phenoxy) is 2. The summed E-state index contributed by atoms with van der Waals surface area (Å²) in [6.45, 7) is 0.529. The van der Waals surface area contributed by atoms with Crippen LogP contribution in [0, 0.1) is 11.6 Å². The molecular formula is C28H28BrCl2F2N5O7. The molecule has 12 nitrogen and oxygen atoms in total. The number of aromatic nitrogens is 3. The number of carbonyl (C=O) groups is 2. The molecule has 0 bridgehead atoms. The fraction of sp³-hybridized carbons (Fsp3) is 0.429. The number of aliphatic hydroxyl groups is 3. The van der Waals surface area contributed by atoms with Crippen LogP contribution >= 0.6 is 39.1 Å². The van der Waals surface area contributed by atoms with E-state index in [1.54, 1.807) is 0 Å². The van der Waals surface area contributed by atoms with Crippen molar-refractivity contribution in [2.75, 3.05) is 31.7 Å². The molecule has 1 aromatic heterocycles. The SMILES string of the molecule is CO[C@@H]1[C@@H](n2cc(-c3ccc(Br)c(F)c3F)nn2)[C@@H](O)[C@@H](CO)O[C@H]1C(=O)N(c1cc(Cl)cc(Cl)c1)[C@H]1CN(C(C)=O)C[C@@H]1O. The first-order valence-corrected chi connectivity index (χ1v) is 15.2. The zero-order valence-electron chi connectivity index (χ0n) is 23.7. The minimum atomic E-state index is -1.54. The van der Waals surface area contributed by atoms with Gasteiger partial charge in [-0.1, -0.05) is 28.4 Å². The van der Waals surface area contributed by atoms with Crippen LogP contribution in [-0.4, -0.2) is 110 Å². The summed E-state index contributed by atoms with van der Waals surface area (Å²) in [5.41, 5.74) is -0.105. The number of halogens is 5. The van der Waals surface area contributed by atoms with Crippen molar-refractivity contribution in [2.45, 2.75) is 49.5 Å². The number of methoxy groups -OCH3 is 1. The third-order valence-corrected chi connectivity index (χ3v) is 8.96. The van der Waals surface area contributed by atoms with Gasteiger partial charge < -0.3 is 34.6 Å². The maximum Gasteiger partial charge on any atom is 0.259 e. The highest BCUT2D eigenvalue weighted by atomic mass is 79.9. The van der Waals surface area contributed by atoms with Gasteiger partial charge >= 0.3 is 0 Å². The van der Waals surface area contributed by atoms with Crippen LogP contribution in [0.1, 0.15) is 13.0 Å². The zero-order chi connectivity index (χ0) is 32.7. The van der Waals surface area contributed by atoms with Crippen LogP contribution in [0.15, 0.2) is 41.0 Å². The van der Waals surface area contributed by atoms with Crippen molar-refractivity contribution < 1.29 is 43.2 Å². The van der Waals surface area contributed by atoms with Crippen LogP contribution < -0.4 is 4.90 Å². The fourth-order valence-corrected chi connectivity index (χ4v) is 6.53. The molecular weight excluding hydrogens is 707 g/mol. The largest absolute Gasteiger partial charge is 0.394 e. The molecule has 0 unspecified atom stereocenters. The molecule has 0 saturated carbocycles. The molecule has 0 aliphatic carbocycles. The molecule has 3 N–H and O–H groups in total. The molecule has 45 heavy (non-hydrogen) atoms. The number of hydrogen-bond donors (Lipinski definition) is 3. The van der Waals surface area contributed by atoms with Crippen molar-refractivity contribution >= 4 is 56.6 Å².